The zero-order valence-corrected chi connectivity index (χ0v) is 15.4. The summed E-state index contributed by atoms with van der Waals surface area (Å²) >= 11 is 0. The van der Waals surface area contributed by atoms with E-state index < -0.39 is 29.0 Å². The molecule has 0 radical (unpaired) electrons. The first-order valence-electron chi connectivity index (χ1n) is 8.65. The lowest BCUT2D eigenvalue weighted by atomic mass is 10.1. The summed E-state index contributed by atoms with van der Waals surface area (Å²) < 4.78 is 39.6. The fraction of sp³-hybridized carbons (Fsp3) is 0.556. The molecule has 8 heteroatoms. The van der Waals surface area contributed by atoms with Gasteiger partial charge in [-0.1, -0.05) is 26.2 Å². The number of benzene rings is 1. The fourth-order valence-corrected chi connectivity index (χ4v) is 2.45. The van der Waals surface area contributed by atoms with Gasteiger partial charge in [0.2, 0.25) is 11.8 Å². The quantitative estimate of drug-likeness (QED) is 0.489. The minimum atomic E-state index is -1.65. The van der Waals surface area contributed by atoms with Crippen LogP contribution < -0.4 is 10.6 Å². The van der Waals surface area contributed by atoms with Gasteiger partial charge >= 0.3 is 0 Å². The number of carbonyl (C=O) groups is 2. The van der Waals surface area contributed by atoms with Gasteiger partial charge in [-0.3, -0.25) is 14.5 Å². The maximum Gasteiger partial charge on any atom is 0.238 e. The average Bonchev–Trinajstić information content (AvgIpc) is 2.55. The first-order valence-corrected chi connectivity index (χ1v) is 8.65. The summed E-state index contributed by atoms with van der Waals surface area (Å²) in [6, 6.07) is 1.72. The lowest BCUT2D eigenvalue weighted by molar-refractivity contribution is -0.123. The largest absolute Gasteiger partial charge is 0.353 e. The Bertz CT molecular complexity index is 626. The highest BCUT2D eigenvalue weighted by molar-refractivity contribution is 5.92. The van der Waals surface area contributed by atoms with E-state index in [-0.39, 0.29) is 25.0 Å². The number of likely N-dealkylation sites (N-methyl/N-ethyl adjacent to an activating group) is 1. The first kappa shape index (κ1) is 22.0. The van der Waals surface area contributed by atoms with Gasteiger partial charge in [0.25, 0.3) is 0 Å². The van der Waals surface area contributed by atoms with Gasteiger partial charge in [-0.15, -0.1) is 0 Å². The summed E-state index contributed by atoms with van der Waals surface area (Å²) in [5, 5.41) is 5.02. The van der Waals surface area contributed by atoms with Crippen molar-refractivity contribution in [2.24, 2.45) is 0 Å². The number of nitrogens with zero attached hydrogens (tertiary/aromatic N) is 1. The van der Waals surface area contributed by atoms with Crippen LogP contribution in [0.1, 0.15) is 39.5 Å². The first-order chi connectivity index (χ1) is 12.2. The van der Waals surface area contributed by atoms with Crippen molar-refractivity contribution in [1.29, 1.82) is 0 Å². The van der Waals surface area contributed by atoms with Crippen LogP contribution >= 0.6 is 0 Å². The summed E-state index contributed by atoms with van der Waals surface area (Å²) in [6.07, 6.45) is 4.15. The SMILES string of the molecule is CCCCC[C@@H](C)NC(=O)CN(C)CC(=O)Nc1ccc(F)c(F)c1F. The van der Waals surface area contributed by atoms with Crippen molar-refractivity contribution in [2.75, 3.05) is 25.5 Å². The number of hydrogen-bond donors (Lipinski definition) is 2. The normalized spacial score (nSPS) is 12.1. The van der Waals surface area contributed by atoms with E-state index >= 15 is 0 Å². The highest BCUT2D eigenvalue weighted by Gasteiger charge is 2.17. The van der Waals surface area contributed by atoms with E-state index in [9.17, 15) is 22.8 Å². The van der Waals surface area contributed by atoms with Crippen molar-refractivity contribution in [3.8, 4) is 0 Å². The number of anilines is 1. The fourth-order valence-electron chi connectivity index (χ4n) is 2.45. The number of nitrogens with one attached hydrogen (secondary N) is 2. The van der Waals surface area contributed by atoms with Crippen LogP contribution in [0.25, 0.3) is 0 Å². The molecule has 0 aliphatic carbocycles. The zero-order chi connectivity index (χ0) is 19.7. The number of halogens is 3. The van der Waals surface area contributed by atoms with E-state index in [1.54, 1.807) is 7.05 Å². The molecule has 1 rings (SSSR count). The standard InChI is InChI=1S/C18H26F3N3O2/c1-4-5-6-7-12(2)22-15(25)10-24(3)11-16(26)23-14-9-8-13(19)17(20)18(14)21/h8-9,12H,4-7,10-11H2,1-3H3,(H,22,25)(H,23,26)/t12-/m1/s1. The van der Waals surface area contributed by atoms with Crippen LogP contribution in [0.5, 0.6) is 0 Å². The number of rotatable bonds is 10. The molecule has 0 aliphatic heterocycles. The second-order valence-corrected chi connectivity index (χ2v) is 6.41. The lowest BCUT2D eigenvalue weighted by Gasteiger charge is -2.19. The maximum atomic E-state index is 13.5. The highest BCUT2D eigenvalue weighted by Crippen LogP contribution is 2.19. The molecule has 26 heavy (non-hydrogen) atoms. The Labute approximate surface area is 151 Å². The maximum absolute atomic E-state index is 13.5. The van der Waals surface area contributed by atoms with Gasteiger partial charge in [-0.25, -0.2) is 13.2 Å². The number of carbonyl (C=O) groups excluding carboxylic acids is 2. The van der Waals surface area contributed by atoms with Crippen molar-refractivity contribution in [2.45, 2.75) is 45.6 Å². The van der Waals surface area contributed by atoms with Crippen molar-refractivity contribution in [1.82, 2.24) is 10.2 Å². The topological polar surface area (TPSA) is 61.4 Å². The molecule has 1 atom stereocenters. The molecular formula is C18H26F3N3O2. The van der Waals surface area contributed by atoms with E-state index in [4.69, 9.17) is 0 Å². The van der Waals surface area contributed by atoms with E-state index in [1.807, 2.05) is 6.92 Å². The second kappa shape index (κ2) is 10.8. The highest BCUT2D eigenvalue weighted by atomic mass is 19.2. The van der Waals surface area contributed by atoms with Crippen LogP contribution in [0.2, 0.25) is 0 Å². The Morgan fingerprint density at radius 3 is 2.38 bits per heavy atom. The van der Waals surface area contributed by atoms with Crippen molar-refractivity contribution >= 4 is 17.5 Å². The van der Waals surface area contributed by atoms with Crippen molar-refractivity contribution in [3.05, 3.63) is 29.6 Å². The van der Waals surface area contributed by atoms with Crippen LogP contribution in [0, 0.1) is 17.5 Å². The van der Waals surface area contributed by atoms with Gasteiger partial charge in [0.15, 0.2) is 17.5 Å². The number of unbranched alkanes of at least 4 members (excludes halogenated alkanes) is 2. The summed E-state index contributed by atoms with van der Waals surface area (Å²) in [7, 11) is 1.56. The van der Waals surface area contributed by atoms with E-state index in [0.717, 1.165) is 37.8 Å². The van der Waals surface area contributed by atoms with Gasteiger partial charge in [0, 0.05) is 6.04 Å². The Balaban J connectivity index is 2.42. The molecule has 0 spiro atoms. The Morgan fingerprint density at radius 1 is 1.08 bits per heavy atom. The smallest absolute Gasteiger partial charge is 0.238 e. The van der Waals surface area contributed by atoms with Gasteiger partial charge in [-0.2, -0.15) is 0 Å². The summed E-state index contributed by atoms with van der Waals surface area (Å²) in [5.74, 6) is -5.29. The van der Waals surface area contributed by atoms with Crippen molar-refractivity contribution in [3.63, 3.8) is 0 Å². The summed E-state index contributed by atoms with van der Waals surface area (Å²) in [6.45, 7) is 3.82. The third-order valence-corrected chi connectivity index (χ3v) is 3.78. The molecule has 0 bridgehead atoms. The van der Waals surface area contributed by atoms with Crippen LogP contribution in [0.3, 0.4) is 0 Å². The molecule has 5 nitrogen and oxygen atoms in total. The Kier molecular flexibility index (Phi) is 9.12. The zero-order valence-electron chi connectivity index (χ0n) is 15.4. The Hall–Kier alpha value is -2.09. The predicted octanol–water partition coefficient (Wildman–Crippen LogP) is 3.06. The lowest BCUT2D eigenvalue weighted by Crippen LogP contribution is -2.42. The van der Waals surface area contributed by atoms with E-state index in [2.05, 4.69) is 17.6 Å². The predicted molar refractivity (Wildman–Crippen MR) is 94.2 cm³/mol. The second-order valence-electron chi connectivity index (χ2n) is 6.41. The molecule has 146 valence electrons. The Morgan fingerprint density at radius 2 is 1.73 bits per heavy atom. The third-order valence-electron chi connectivity index (χ3n) is 3.78. The average molecular weight is 373 g/mol. The molecule has 0 fully saturated rings. The number of amides is 2. The molecule has 2 amide bonds. The van der Waals surface area contributed by atoms with Gasteiger partial charge in [-0.05, 0) is 32.5 Å². The third kappa shape index (κ3) is 7.43. The molecule has 0 saturated heterocycles. The molecule has 0 unspecified atom stereocenters. The summed E-state index contributed by atoms with van der Waals surface area (Å²) in [4.78, 5) is 25.3. The van der Waals surface area contributed by atoms with Gasteiger partial charge < -0.3 is 10.6 Å². The van der Waals surface area contributed by atoms with Gasteiger partial charge in [0.1, 0.15) is 0 Å². The van der Waals surface area contributed by atoms with Crippen LogP contribution in [0.4, 0.5) is 18.9 Å². The minimum absolute atomic E-state index is 0.00814. The van der Waals surface area contributed by atoms with Crippen molar-refractivity contribution < 1.29 is 22.8 Å². The molecule has 1 aromatic carbocycles. The number of hydrogen-bond acceptors (Lipinski definition) is 3. The molecule has 0 saturated carbocycles. The minimum Gasteiger partial charge on any atom is -0.353 e. The van der Waals surface area contributed by atoms with E-state index in [1.165, 1.54) is 4.90 Å². The van der Waals surface area contributed by atoms with Crippen LogP contribution in [-0.2, 0) is 9.59 Å². The summed E-state index contributed by atoms with van der Waals surface area (Å²) in [5.41, 5.74) is -0.448. The molecule has 1 aromatic rings. The molecule has 0 heterocycles. The molecule has 0 aromatic heterocycles. The molecule has 0 aliphatic rings. The monoisotopic (exact) mass is 373 g/mol. The molecule has 2 N–H and O–H groups in total. The van der Waals surface area contributed by atoms with Crippen LogP contribution in [-0.4, -0.2) is 42.9 Å². The van der Waals surface area contributed by atoms with Gasteiger partial charge in [0.05, 0.1) is 18.8 Å². The van der Waals surface area contributed by atoms with Crippen LogP contribution in [0.15, 0.2) is 12.1 Å². The molecular weight excluding hydrogens is 347 g/mol. The van der Waals surface area contributed by atoms with E-state index in [0.29, 0.717) is 0 Å².